The van der Waals surface area contributed by atoms with Crippen LogP contribution in [-0.2, 0) is 0 Å². The molecule has 3 N–H and O–H groups in total. The van der Waals surface area contributed by atoms with E-state index in [1.165, 1.54) is 0 Å². The predicted octanol–water partition coefficient (Wildman–Crippen LogP) is 1.78. The second-order valence-electron chi connectivity index (χ2n) is 0.977. The molecule has 0 rings (SSSR count). The molecule has 0 saturated heterocycles. The molecule has 0 bridgehead atoms. The standard InChI is InChI=1S/C5H10.C2H6.CH4O.H2O/c1-3-5-4-2;2*1-2;/h3,5H,4H2,1-2H3;1-2H3;2H,1H3;1H2/b5-3-;;;. The molecule has 0 aromatic heterocycles. The molecule has 0 aliphatic carbocycles. The Morgan fingerprint density at radius 2 is 1.50 bits per heavy atom. The molecule has 0 spiro atoms. The van der Waals surface area contributed by atoms with Crippen LogP contribution in [0, 0.1) is 0 Å². The van der Waals surface area contributed by atoms with Crippen molar-refractivity contribution < 1.29 is 10.6 Å². The maximum atomic E-state index is 7.00. The van der Waals surface area contributed by atoms with Crippen LogP contribution in [0.4, 0.5) is 0 Å². The van der Waals surface area contributed by atoms with Gasteiger partial charge in [-0.3, -0.25) is 0 Å². The number of hydrogen-bond acceptors (Lipinski definition) is 1. The summed E-state index contributed by atoms with van der Waals surface area (Å²) in [7, 11) is 1.00. The number of rotatable bonds is 1. The summed E-state index contributed by atoms with van der Waals surface area (Å²) >= 11 is 0. The van der Waals surface area contributed by atoms with E-state index in [1.807, 2.05) is 20.8 Å². The lowest BCUT2D eigenvalue weighted by Crippen LogP contribution is -1.43. The zero-order chi connectivity index (χ0) is 8.12. The van der Waals surface area contributed by atoms with Crippen LogP contribution in [0.15, 0.2) is 12.2 Å². The lowest BCUT2D eigenvalue weighted by atomic mass is 10.4. The lowest BCUT2D eigenvalue weighted by Gasteiger charge is -1.65. The molecule has 0 radical (unpaired) electrons. The van der Waals surface area contributed by atoms with Crippen molar-refractivity contribution in [3.63, 3.8) is 0 Å². The molecule has 0 fully saturated rings. The van der Waals surface area contributed by atoms with Crippen molar-refractivity contribution in [1.29, 1.82) is 0 Å². The Balaban J connectivity index is -0.0000000315. The minimum atomic E-state index is 0. The van der Waals surface area contributed by atoms with E-state index < -0.39 is 0 Å². The summed E-state index contributed by atoms with van der Waals surface area (Å²) in [5, 5.41) is 7.00. The van der Waals surface area contributed by atoms with E-state index >= 15 is 0 Å². The van der Waals surface area contributed by atoms with E-state index in [-0.39, 0.29) is 5.48 Å². The highest BCUT2D eigenvalue weighted by molar-refractivity contribution is 4.73. The summed E-state index contributed by atoms with van der Waals surface area (Å²) in [4.78, 5) is 0. The summed E-state index contributed by atoms with van der Waals surface area (Å²) < 4.78 is 0. The van der Waals surface area contributed by atoms with Gasteiger partial charge in [-0.1, -0.05) is 32.9 Å². The Labute approximate surface area is 64.9 Å². The van der Waals surface area contributed by atoms with Gasteiger partial charge in [-0.05, 0) is 13.3 Å². The first-order valence-corrected chi connectivity index (χ1v) is 3.47. The monoisotopic (exact) mass is 150 g/mol. The molecule has 0 saturated carbocycles. The van der Waals surface area contributed by atoms with Gasteiger partial charge in [0.05, 0.1) is 0 Å². The van der Waals surface area contributed by atoms with E-state index in [4.69, 9.17) is 5.11 Å². The van der Waals surface area contributed by atoms with Gasteiger partial charge in [0.1, 0.15) is 0 Å². The van der Waals surface area contributed by atoms with Crippen LogP contribution in [0.2, 0.25) is 0 Å². The van der Waals surface area contributed by atoms with Gasteiger partial charge in [0.2, 0.25) is 0 Å². The zero-order valence-corrected chi connectivity index (χ0v) is 7.81. The van der Waals surface area contributed by atoms with E-state index in [2.05, 4.69) is 19.1 Å². The summed E-state index contributed by atoms with van der Waals surface area (Å²) in [5.74, 6) is 0. The Hall–Kier alpha value is -0.340. The van der Waals surface area contributed by atoms with Gasteiger partial charge in [-0.2, -0.15) is 0 Å². The van der Waals surface area contributed by atoms with Crippen LogP contribution < -0.4 is 0 Å². The van der Waals surface area contributed by atoms with Gasteiger partial charge in [-0.25, -0.2) is 0 Å². The fourth-order valence-corrected chi connectivity index (χ4v) is 0.236. The molecule has 10 heavy (non-hydrogen) atoms. The first kappa shape index (κ1) is 22.6. The van der Waals surface area contributed by atoms with Crippen LogP contribution in [-0.4, -0.2) is 17.7 Å². The lowest BCUT2D eigenvalue weighted by molar-refractivity contribution is 0.399. The molecular formula is C8H22O2. The maximum absolute atomic E-state index is 7.00. The largest absolute Gasteiger partial charge is 0.412 e. The second-order valence-corrected chi connectivity index (χ2v) is 0.977. The first-order valence-electron chi connectivity index (χ1n) is 3.47. The third-order valence-corrected chi connectivity index (χ3v) is 0.471. The normalized spacial score (nSPS) is 6.20. The van der Waals surface area contributed by atoms with E-state index in [1.54, 1.807) is 0 Å². The smallest absolute Gasteiger partial charge is 0.0319 e. The molecule has 0 heterocycles. The van der Waals surface area contributed by atoms with Crippen molar-refractivity contribution in [2.45, 2.75) is 34.1 Å². The third kappa shape index (κ3) is 123. The van der Waals surface area contributed by atoms with Crippen LogP contribution in [0.5, 0.6) is 0 Å². The summed E-state index contributed by atoms with van der Waals surface area (Å²) in [6.45, 7) is 8.16. The van der Waals surface area contributed by atoms with Gasteiger partial charge < -0.3 is 10.6 Å². The topological polar surface area (TPSA) is 51.7 Å². The van der Waals surface area contributed by atoms with Crippen molar-refractivity contribution in [2.75, 3.05) is 7.11 Å². The molecule has 0 amide bonds. The zero-order valence-electron chi connectivity index (χ0n) is 7.81. The quantitative estimate of drug-likeness (QED) is 0.569. The summed E-state index contributed by atoms with van der Waals surface area (Å²) in [6.07, 6.45) is 5.34. The molecule has 0 unspecified atom stereocenters. The third-order valence-electron chi connectivity index (χ3n) is 0.471. The van der Waals surface area contributed by atoms with Gasteiger partial charge in [0, 0.05) is 7.11 Å². The highest BCUT2D eigenvalue weighted by Crippen LogP contribution is 1.73. The Bertz CT molecular complexity index is 34.2. The minimum Gasteiger partial charge on any atom is -0.412 e. The number of allylic oxidation sites excluding steroid dienone is 2. The van der Waals surface area contributed by atoms with E-state index in [0.29, 0.717) is 0 Å². The van der Waals surface area contributed by atoms with Crippen LogP contribution >= 0.6 is 0 Å². The van der Waals surface area contributed by atoms with E-state index in [0.717, 1.165) is 13.5 Å². The van der Waals surface area contributed by atoms with E-state index in [9.17, 15) is 0 Å². The SMILES string of the molecule is C/C=C\CC.CC.CO.O. The first-order chi connectivity index (χ1) is 4.41. The number of hydrogen-bond donors (Lipinski definition) is 1. The van der Waals surface area contributed by atoms with Crippen molar-refractivity contribution in [3.8, 4) is 0 Å². The average Bonchev–Trinajstić information content (AvgIpc) is 1.98. The van der Waals surface area contributed by atoms with Gasteiger partial charge >= 0.3 is 0 Å². The second kappa shape index (κ2) is 71.8. The molecule has 0 aliphatic rings. The Morgan fingerprint density at radius 1 is 1.20 bits per heavy atom. The van der Waals surface area contributed by atoms with Crippen molar-refractivity contribution in [1.82, 2.24) is 0 Å². The van der Waals surface area contributed by atoms with Gasteiger partial charge in [-0.15, -0.1) is 0 Å². The average molecular weight is 150 g/mol. The molecular weight excluding hydrogens is 128 g/mol. The molecule has 0 aromatic carbocycles. The fourth-order valence-electron chi connectivity index (χ4n) is 0.236. The fraction of sp³-hybridized carbons (Fsp3) is 0.750. The number of aliphatic hydroxyl groups excluding tert-OH is 1. The van der Waals surface area contributed by atoms with Crippen molar-refractivity contribution >= 4 is 0 Å². The molecule has 2 nitrogen and oxygen atoms in total. The Kier molecular flexibility index (Phi) is 162. The maximum Gasteiger partial charge on any atom is 0.0319 e. The number of aliphatic hydroxyl groups is 1. The highest BCUT2D eigenvalue weighted by Gasteiger charge is 1.52. The molecule has 2 heteroatoms. The summed E-state index contributed by atoms with van der Waals surface area (Å²) in [5.41, 5.74) is 0. The molecule has 0 aliphatic heterocycles. The van der Waals surface area contributed by atoms with Gasteiger partial charge in [0.15, 0.2) is 0 Å². The van der Waals surface area contributed by atoms with Gasteiger partial charge in [0.25, 0.3) is 0 Å². The molecule has 0 atom stereocenters. The Morgan fingerprint density at radius 3 is 1.50 bits per heavy atom. The van der Waals surface area contributed by atoms with Crippen LogP contribution in [0.1, 0.15) is 34.1 Å². The van der Waals surface area contributed by atoms with Crippen LogP contribution in [0.25, 0.3) is 0 Å². The van der Waals surface area contributed by atoms with Crippen molar-refractivity contribution in [3.05, 3.63) is 12.2 Å². The summed E-state index contributed by atoms with van der Waals surface area (Å²) in [6, 6.07) is 0. The molecule has 66 valence electrons. The minimum absolute atomic E-state index is 0. The van der Waals surface area contributed by atoms with Crippen LogP contribution in [0.3, 0.4) is 0 Å². The predicted molar refractivity (Wildman–Crippen MR) is 48.2 cm³/mol. The van der Waals surface area contributed by atoms with Crippen molar-refractivity contribution in [2.24, 2.45) is 0 Å². The highest BCUT2D eigenvalue weighted by atomic mass is 16.2. The molecule has 0 aromatic rings.